The normalized spacial score (nSPS) is 7.33. The standard InChI is InChI=1S/C6H6S.W.Y/c1-5-3-7-4-6(5)2;;/h1-2H3;;/q-2;;. The van der Waals surface area contributed by atoms with Crippen molar-refractivity contribution >= 4 is 11.3 Å². The molecule has 0 aliphatic rings. The van der Waals surface area contributed by atoms with E-state index in [0.29, 0.717) is 0 Å². The maximum atomic E-state index is 3.05. The molecule has 0 spiro atoms. The van der Waals surface area contributed by atoms with E-state index < -0.39 is 0 Å². The quantitative estimate of drug-likeness (QED) is 0.602. The Morgan fingerprint density at radius 3 is 1.56 bits per heavy atom. The molecule has 0 bridgehead atoms. The van der Waals surface area contributed by atoms with E-state index in [1.54, 1.807) is 0 Å². The molecule has 1 aromatic heterocycles. The zero-order valence-corrected chi connectivity index (χ0v) is 12.0. The fourth-order valence-electron chi connectivity index (χ4n) is 0.332. The molecule has 3 heteroatoms. The fraction of sp³-hybridized carbons (Fsp3) is 0.333. The molecule has 1 rings (SSSR count). The monoisotopic (exact) mass is 383 g/mol. The molecule has 0 amide bonds. The molecule has 0 N–H and O–H groups in total. The molecular weight excluding hydrogens is 377 g/mol. The van der Waals surface area contributed by atoms with E-state index in [4.69, 9.17) is 0 Å². The summed E-state index contributed by atoms with van der Waals surface area (Å²) in [7, 11) is 0. The van der Waals surface area contributed by atoms with Crippen molar-refractivity contribution in [1.82, 2.24) is 0 Å². The van der Waals surface area contributed by atoms with Gasteiger partial charge in [-0.05, 0) is 0 Å². The zero-order chi connectivity index (χ0) is 5.28. The van der Waals surface area contributed by atoms with Gasteiger partial charge in [0.1, 0.15) is 0 Å². The molecule has 0 unspecified atom stereocenters. The van der Waals surface area contributed by atoms with E-state index in [-0.39, 0.29) is 53.8 Å². The number of hydrogen-bond donors (Lipinski definition) is 0. The van der Waals surface area contributed by atoms with Crippen molar-refractivity contribution in [3.05, 3.63) is 21.9 Å². The molecule has 47 valence electrons. The maximum absolute atomic E-state index is 3.05. The van der Waals surface area contributed by atoms with Crippen LogP contribution in [-0.4, -0.2) is 0 Å². The first kappa shape index (κ1) is 13.1. The summed E-state index contributed by atoms with van der Waals surface area (Å²) in [4.78, 5) is 0. The summed E-state index contributed by atoms with van der Waals surface area (Å²) >= 11 is 1.52. The Bertz CT molecular complexity index is 145. The fourth-order valence-corrected chi connectivity index (χ4v) is 0.995. The molecule has 0 aliphatic heterocycles. The molecule has 0 saturated heterocycles. The van der Waals surface area contributed by atoms with Crippen LogP contribution in [0, 0.1) is 24.6 Å². The smallest absolute Gasteiger partial charge is 0 e. The summed E-state index contributed by atoms with van der Waals surface area (Å²) in [6, 6.07) is 0. The van der Waals surface area contributed by atoms with Crippen molar-refractivity contribution in [3.63, 3.8) is 0 Å². The minimum absolute atomic E-state index is 0. The Morgan fingerprint density at radius 2 is 1.44 bits per heavy atom. The van der Waals surface area contributed by atoms with Crippen LogP contribution in [0.3, 0.4) is 0 Å². The molecule has 0 fully saturated rings. The summed E-state index contributed by atoms with van der Waals surface area (Å²) < 4.78 is 0. The molecule has 9 heavy (non-hydrogen) atoms. The van der Waals surface area contributed by atoms with Crippen LogP contribution in [0.4, 0.5) is 0 Å². The maximum Gasteiger partial charge on any atom is 0 e. The van der Waals surface area contributed by atoms with Crippen molar-refractivity contribution in [2.24, 2.45) is 0 Å². The van der Waals surface area contributed by atoms with Gasteiger partial charge in [0.15, 0.2) is 0 Å². The largest absolute Gasteiger partial charge is 0.474 e. The van der Waals surface area contributed by atoms with E-state index >= 15 is 0 Å². The molecule has 0 aliphatic carbocycles. The van der Waals surface area contributed by atoms with Crippen molar-refractivity contribution in [2.75, 3.05) is 0 Å². The van der Waals surface area contributed by atoms with Gasteiger partial charge in [0.2, 0.25) is 0 Å². The predicted molar refractivity (Wildman–Crippen MR) is 31.5 cm³/mol. The van der Waals surface area contributed by atoms with Crippen molar-refractivity contribution in [1.29, 1.82) is 0 Å². The van der Waals surface area contributed by atoms with Gasteiger partial charge in [-0.25, -0.2) is 0 Å². The van der Waals surface area contributed by atoms with Crippen molar-refractivity contribution in [3.8, 4) is 0 Å². The second kappa shape index (κ2) is 6.22. The third kappa shape index (κ3) is 4.03. The first-order valence-corrected chi connectivity index (χ1v) is 2.97. The Balaban J connectivity index is 0. The second-order valence-electron chi connectivity index (χ2n) is 1.56. The number of thiophene rings is 1. The van der Waals surface area contributed by atoms with Gasteiger partial charge in [-0.3, -0.25) is 10.9 Å². The molecule has 0 aromatic carbocycles. The van der Waals surface area contributed by atoms with Gasteiger partial charge < -0.3 is 22.3 Å². The zero-order valence-electron chi connectivity index (χ0n) is 5.39. The van der Waals surface area contributed by atoms with Gasteiger partial charge in [0.05, 0.1) is 0 Å². The van der Waals surface area contributed by atoms with Crippen LogP contribution in [0.2, 0.25) is 0 Å². The van der Waals surface area contributed by atoms with Gasteiger partial charge in [-0.2, -0.15) is 0 Å². The van der Waals surface area contributed by atoms with Gasteiger partial charge in [-0.1, -0.05) is 6.92 Å². The summed E-state index contributed by atoms with van der Waals surface area (Å²) in [5.74, 6) is 0. The van der Waals surface area contributed by atoms with E-state index in [1.807, 2.05) is 13.8 Å². The Morgan fingerprint density at radius 1 is 1.11 bits per heavy atom. The molecule has 0 saturated carbocycles. The van der Waals surface area contributed by atoms with Crippen LogP contribution < -0.4 is 0 Å². The van der Waals surface area contributed by atoms with E-state index in [9.17, 15) is 0 Å². The van der Waals surface area contributed by atoms with Crippen molar-refractivity contribution < 1.29 is 53.8 Å². The van der Waals surface area contributed by atoms with Gasteiger partial charge >= 0.3 is 0 Å². The van der Waals surface area contributed by atoms with Crippen molar-refractivity contribution in [2.45, 2.75) is 13.8 Å². The van der Waals surface area contributed by atoms with Crippen LogP contribution >= 0.6 is 11.3 Å². The summed E-state index contributed by atoms with van der Waals surface area (Å²) in [6.07, 6.45) is 0. The summed E-state index contributed by atoms with van der Waals surface area (Å²) in [5, 5.41) is 6.11. The Hall–Kier alpha value is 1.49. The SMILES string of the molecule is Cc1[c-]s[c-]c1C.[W].[Y]. The third-order valence-electron chi connectivity index (χ3n) is 0.971. The molecule has 1 radical (unpaired) electrons. The van der Waals surface area contributed by atoms with Gasteiger partial charge in [0.25, 0.3) is 0 Å². The van der Waals surface area contributed by atoms with E-state index in [2.05, 4.69) is 10.8 Å². The minimum atomic E-state index is 0. The average Bonchev–Trinajstić information content (AvgIpc) is 1.91. The van der Waals surface area contributed by atoms with Gasteiger partial charge in [-0.15, -0.1) is 6.92 Å². The van der Waals surface area contributed by atoms with Crippen LogP contribution in [0.15, 0.2) is 0 Å². The first-order chi connectivity index (χ1) is 3.30. The van der Waals surface area contributed by atoms with Gasteiger partial charge in [0, 0.05) is 53.8 Å². The molecule has 0 atom stereocenters. The Labute approximate surface area is 99.6 Å². The number of rotatable bonds is 0. The second-order valence-corrected chi connectivity index (χ2v) is 2.17. The molecule has 1 heterocycles. The van der Waals surface area contributed by atoms with E-state index in [1.165, 1.54) is 22.5 Å². The number of aryl methyl sites for hydroxylation is 2. The topological polar surface area (TPSA) is 0 Å². The first-order valence-electron chi connectivity index (χ1n) is 2.16. The van der Waals surface area contributed by atoms with E-state index in [0.717, 1.165) is 0 Å². The summed E-state index contributed by atoms with van der Waals surface area (Å²) in [5.41, 5.74) is 2.45. The molecular formula is C6H6SWY-2. The van der Waals surface area contributed by atoms with Crippen LogP contribution in [0.25, 0.3) is 0 Å². The third-order valence-corrected chi connectivity index (χ3v) is 1.79. The molecule has 1 aromatic rings. The summed E-state index contributed by atoms with van der Waals surface area (Å²) in [6.45, 7) is 4.09. The van der Waals surface area contributed by atoms with Crippen LogP contribution in [0.5, 0.6) is 0 Å². The average molecular weight is 383 g/mol. The number of hydrogen-bond acceptors (Lipinski definition) is 1. The molecule has 0 nitrogen and oxygen atoms in total. The van der Waals surface area contributed by atoms with Crippen LogP contribution in [-0.2, 0) is 53.8 Å². The minimum Gasteiger partial charge on any atom is -0.474 e. The Kier molecular flexibility index (Phi) is 9.06. The van der Waals surface area contributed by atoms with Crippen LogP contribution in [0.1, 0.15) is 11.1 Å². The predicted octanol–water partition coefficient (Wildman–Crippen LogP) is 1.96.